The first-order valence-electron chi connectivity index (χ1n) is 7.63. The predicted octanol–water partition coefficient (Wildman–Crippen LogP) is 2.65. The molecule has 0 radical (unpaired) electrons. The molecule has 0 saturated heterocycles. The monoisotopic (exact) mass is 403 g/mol. The second kappa shape index (κ2) is 9.21. The zero-order valence-electron chi connectivity index (χ0n) is 14.8. The summed E-state index contributed by atoms with van der Waals surface area (Å²) in [5.74, 6) is 0.345. The van der Waals surface area contributed by atoms with Crippen molar-refractivity contribution in [2.45, 2.75) is 0 Å². The lowest BCUT2D eigenvalue weighted by molar-refractivity contribution is -0.383. The summed E-state index contributed by atoms with van der Waals surface area (Å²) >= 11 is 6.12. The van der Waals surface area contributed by atoms with E-state index in [0.717, 1.165) is 6.33 Å². The number of rotatable bonds is 8. The molecule has 0 unspecified atom stereocenters. The van der Waals surface area contributed by atoms with Gasteiger partial charge in [-0.2, -0.15) is 10.5 Å². The number of methoxy groups -OCH3 is 2. The molecule has 1 aromatic carbocycles. The van der Waals surface area contributed by atoms with Gasteiger partial charge in [0.15, 0.2) is 0 Å². The largest absolute Gasteiger partial charge is 0.495 e. The average Bonchev–Trinajstić information content (AvgIpc) is 2.67. The van der Waals surface area contributed by atoms with E-state index >= 15 is 0 Å². The van der Waals surface area contributed by atoms with Crippen LogP contribution in [0.1, 0.15) is 0 Å². The molecule has 1 heterocycles. The molecule has 12 heteroatoms. The van der Waals surface area contributed by atoms with E-state index in [1.54, 1.807) is 0 Å². The second-order valence-corrected chi connectivity index (χ2v) is 5.54. The number of halogens is 1. The van der Waals surface area contributed by atoms with Crippen molar-refractivity contribution in [3.63, 3.8) is 0 Å². The smallest absolute Gasteiger partial charge is 0.353 e. The minimum absolute atomic E-state index is 0.157. The Morgan fingerprint density at radius 1 is 1.21 bits per heavy atom. The number of benzene rings is 1. The zero-order chi connectivity index (χ0) is 20.7. The van der Waals surface area contributed by atoms with Crippen molar-refractivity contribution in [1.82, 2.24) is 9.97 Å². The summed E-state index contributed by atoms with van der Waals surface area (Å²) in [6.45, 7) is -0.523. The molecule has 2 rings (SSSR count). The molecule has 0 aliphatic rings. The molecule has 0 spiro atoms. The summed E-state index contributed by atoms with van der Waals surface area (Å²) in [7, 11) is 2.85. The van der Waals surface area contributed by atoms with Crippen LogP contribution in [0, 0.1) is 32.8 Å². The summed E-state index contributed by atoms with van der Waals surface area (Å²) in [4.78, 5) is 20.0. The molecule has 144 valence electrons. The van der Waals surface area contributed by atoms with Crippen molar-refractivity contribution in [3.05, 3.63) is 33.6 Å². The number of anilines is 3. The maximum atomic E-state index is 11.7. The fourth-order valence-corrected chi connectivity index (χ4v) is 2.56. The maximum Gasteiger partial charge on any atom is 0.353 e. The molecule has 0 bridgehead atoms. The predicted molar refractivity (Wildman–Crippen MR) is 100.0 cm³/mol. The third-order valence-corrected chi connectivity index (χ3v) is 3.83. The van der Waals surface area contributed by atoms with Gasteiger partial charge in [-0.1, -0.05) is 11.6 Å². The van der Waals surface area contributed by atoms with Crippen LogP contribution in [0.5, 0.6) is 11.5 Å². The fourth-order valence-electron chi connectivity index (χ4n) is 2.32. The number of hydrogen-bond donors (Lipinski definition) is 1. The molecular formula is C16H14ClN7O4. The highest BCUT2D eigenvalue weighted by atomic mass is 35.5. The number of nitriles is 2. The fraction of sp³-hybridized carbons (Fsp3) is 0.250. The van der Waals surface area contributed by atoms with Crippen LogP contribution in [0.3, 0.4) is 0 Å². The van der Waals surface area contributed by atoms with Crippen LogP contribution < -0.4 is 19.7 Å². The molecule has 1 aromatic heterocycles. The minimum Gasteiger partial charge on any atom is -0.495 e. The second-order valence-electron chi connectivity index (χ2n) is 5.14. The van der Waals surface area contributed by atoms with Crippen molar-refractivity contribution in [2.24, 2.45) is 0 Å². The van der Waals surface area contributed by atoms with Gasteiger partial charge in [0.2, 0.25) is 11.6 Å². The highest BCUT2D eigenvalue weighted by molar-refractivity contribution is 6.32. The van der Waals surface area contributed by atoms with Gasteiger partial charge in [-0.25, -0.2) is 9.97 Å². The summed E-state index contributed by atoms with van der Waals surface area (Å²) in [6, 6.07) is 6.67. The normalized spacial score (nSPS) is 9.75. The van der Waals surface area contributed by atoms with Gasteiger partial charge >= 0.3 is 5.69 Å². The first-order chi connectivity index (χ1) is 13.5. The highest BCUT2D eigenvalue weighted by Gasteiger charge is 2.28. The van der Waals surface area contributed by atoms with E-state index in [2.05, 4.69) is 15.3 Å². The standard InChI is InChI=1S/C16H14ClN7O4/c1-27-12-8-13(28-2)11(7-10(12)17)22-15-14(24(25)26)16(21-9-20-15)23(5-3-18)6-4-19/h7-9H,5-6H2,1-2H3,(H,20,21,22). The lowest BCUT2D eigenvalue weighted by Crippen LogP contribution is -2.26. The Kier molecular flexibility index (Phi) is 6.73. The van der Waals surface area contributed by atoms with Crippen molar-refractivity contribution in [2.75, 3.05) is 37.5 Å². The van der Waals surface area contributed by atoms with Gasteiger partial charge in [0.25, 0.3) is 0 Å². The molecule has 0 fully saturated rings. The Hall–Kier alpha value is -3.83. The minimum atomic E-state index is -0.697. The van der Waals surface area contributed by atoms with Crippen LogP contribution in [-0.4, -0.2) is 42.2 Å². The molecule has 28 heavy (non-hydrogen) atoms. The van der Waals surface area contributed by atoms with Gasteiger partial charge in [-0.05, 0) is 6.07 Å². The van der Waals surface area contributed by atoms with Crippen molar-refractivity contribution in [3.8, 4) is 23.6 Å². The topological polar surface area (TPSA) is 150 Å². The molecule has 2 aromatic rings. The molecule has 0 atom stereocenters. The van der Waals surface area contributed by atoms with Gasteiger partial charge in [-0.15, -0.1) is 0 Å². The summed E-state index contributed by atoms with van der Waals surface area (Å²) in [5, 5.41) is 32.6. The van der Waals surface area contributed by atoms with E-state index in [4.69, 9.17) is 31.6 Å². The van der Waals surface area contributed by atoms with Crippen LogP contribution >= 0.6 is 11.6 Å². The SMILES string of the molecule is COc1cc(OC)c(Nc2ncnc(N(CC#N)CC#N)c2[N+](=O)[O-])cc1Cl. The quantitative estimate of drug-likeness (QED) is 0.395. The van der Waals surface area contributed by atoms with Gasteiger partial charge in [0.1, 0.15) is 30.9 Å². The first-order valence-corrected chi connectivity index (χ1v) is 8.01. The number of nitrogens with zero attached hydrogens (tertiary/aromatic N) is 6. The molecule has 0 aliphatic heterocycles. The lowest BCUT2D eigenvalue weighted by Gasteiger charge is -2.18. The molecule has 1 N–H and O–H groups in total. The first kappa shape index (κ1) is 20.5. The van der Waals surface area contributed by atoms with E-state index in [0.29, 0.717) is 17.2 Å². The number of nitro groups is 1. The van der Waals surface area contributed by atoms with Crippen LogP contribution in [0.2, 0.25) is 5.02 Å². The lowest BCUT2D eigenvalue weighted by atomic mass is 10.2. The number of nitrogens with one attached hydrogen (secondary N) is 1. The highest BCUT2D eigenvalue weighted by Crippen LogP contribution is 2.40. The number of ether oxygens (including phenoxy) is 2. The van der Waals surface area contributed by atoms with Crippen LogP contribution in [-0.2, 0) is 0 Å². The molecule has 0 aliphatic carbocycles. The Bertz CT molecular complexity index is 955. The summed E-state index contributed by atoms with van der Waals surface area (Å²) in [5.41, 5.74) is -0.199. The van der Waals surface area contributed by atoms with Crippen molar-refractivity contribution >= 4 is 34.6 Å². The Balaban J connectivity index is 2.57. The van der Waals surface area contributed by atoms with Crippen molar-refractivity contribution < 1.29 is 14.4 Å². The van der Waals surface area contributed by atoms with E-state index in [1.807, 2.05) is 12.1 Å². The third kappa shape index (κ3) is 4.28. The van der Waals surface area contributed by atoms with Gasteiger partial charge in [0.05, 0.1) is 42.0 Å². The van der Waals surface area contributed by atoms with E-state index in [-0.39, 0.29) is 29.7 Å². The van der Waals surface area contributed by atoms with E-state index in [1.165, 1.54) is 31.3 Å². The zero-order valence-corrected chi connectivity index (χ0v) is 15.6. The Morgan fingerprint density at radius 3 is 2.39 bits per heavy atom. The van der Waals surface area contributed by atoms with Gasteiger partial charge < -0.3 is 19.7 Å². The molecular weight excluding hydrogens is 390 g/mol. The average molecular weight is 404 g/mol. The van der Waals surface area contributed by atoms with Gasteiger partial charge in [0, 0.05) is 6.07 Å². The maximum absolute atomic E-state index is 11.7. The molecule has 0 amide bonds. The summed E-state index contributed by atoms with van der Waals surface area (Å²) < 4.78 is 10.4. The Labute approximate surface area is 164 Å². The van der Waals surface area contributed by atoms with Gasteiger partial charge in [-0.3, -0.25) is 10.1 Å². The van der Waals surface area contributed by atoms with E-state index in [9.17, 15) is 10.1 Å². The van der Waals surface area contributed by atoms with Crippen molar-refractivity contribution in [1.29, 1.82) is 10.5 Å². The van der Waals surface area contributed by atoms with Crippen LogP contribution in [0.25, 0.3) is 0 Å². The number of aromatic nitrogens is 2. The van der Waals surface area contributed by atoms with E-state index < -0.39 is 10.6 Å². The molecule has 0 saturated carbocycles. The summed E-state index contributed by atoms with van der Waals surface area (Å²) in [6.07, 6.45) is 1.09. The Morgan fingerprint density at radius 2 is 1.86 bits per heavy atom. The van der Waals surface area contributed by atoms with Crippen LogP contribution in [0.15, 0.2) is 18.5 Å². The number of hydrogen-bond acceptors (Lipinski definition) is 10. The third-order valence-electron chi connectivity index (χ3n) is 3.54. The van der Waals surface area contributed by atoms with Crippen LogP contribution in [0.4, 0.5) is 23.0 Å². The molecule has 11 nitrogen and oxygen atoms in total.